The van der Waals surface area contributed by atoms with Crippen molar-refractivity contribution in [2.24, 2.45) is 0 Å². The highest BCUT2D eigenvalue weighted by Crippen LogP contribution is 2.29. The van der Waals surface area contributed by atoms with Crippen LogP contribution in [0.5, 0.6) is 0 Å². The normalized spacial score (nSPS) is 11.2. The van der Waals surface area contributed by atoms with Crippen LogP contribution in [0.3, 0.4) is 0 Å². The Balaban J connectivity index is 1.97. The van der Waals surface area contributed by atoms with Crippen molar-refractivity contribution in [2.75, 3.05) is 12.4 Å². The van der Waals surface area contributed by atoms with Crippen LogP contribution in [0.2, 0.25) is 0 Å². The molecule has 0 amide bonds. The first-order valence-corrected chi connectivity index (χ1v) is 6.66. The van der Waals surface area contributed by atoms with Gasteiger partial charge in [0, 0.05) is 6.54 Å². The first-order chi connectivity index (χ1) is 9.90. The second-order valence-electron chi connectivity index (χ2n) is 4.07. The van der Waals surface area contributed by atoms with E-state index in [2.05, 4.69) is 15.0 Å². The van der Waals surface area contributed by atoms with Crippen LogP contribution >= 0.6 is 11.3 Å². The molecule has 21 heavy (non-hydrogen) atoms. The number of nitrogens with one attached hydrogen (secondary N) is 1. The Bertz CT molecular complexity index is 623. The Morgan fingerprint density at radius 2 is 2.00 bits per heavy atom. The Labute approximate surface area is 122 Å². The van der Waals surface area contributed by atoms with Gasteiger partial charge in [0.25, 0.3) is 0 Å². The van der Waals surface area contributed by atoms with Crippen molar-refractivity contribution in [1.29, 1.82) is 0 Å². The smallest absolute Gasteiger partial charge is 0.416 e. The minimum atomic E-state index is -4.34. The van der Waals surface area contributed by atoms with E-state index in [1.807, 2.05) is 0 Å². The lowest BCUT2D eigenvalue weighted by Gasteiger charge is -2.07. The Hall–Kier alpha value is -2.09. The molecule has 0 saturated carbocycles. The predicted octanol–water partition coefficient (Wildman–Crippen LogP) is 3.56. The fourth-order valence-corrected chi connectivity index (χ4v) is 2.27. The van der Waals surface area contributed by atoms with Crippen LogP contribution in [0.15, 0.2) is 30.5 Å². The maximum Gasteiger partial charge on any atom is 0.416 e. The molecule has 0 saturated heterocycles. The summed E-state index contributed by atoms with van der Waals surface area (Å²) in [7, 11) is 1.28. The molecule has 0 aliphatic rings. The summed E-state index contributed by atoms with van der Waals surface area (Å²) in [4.78, 5) is 15.6. The second kappa shape index (κ2) is 6.13. The van der Waals surface area contributed by atoms with Gasteiger partial charge in [0.15, 0.2) is 5.13 Å². The van der Waals surface area contributed by atoms with Crippen LogP contribution in [0, 0.1) is 0 Å². The van der Waals surface area contributed by atoms with Gasteiger partial charge >= 0.3 is 12.1 Å². The van der Waals surface area contributed by atoms with Gasteiger partial charge in [-0.3, -0.25) is 0 Å². The number of carbonyl (C=O) groups is 1. The molecule has 0 atom stereocenters. The van der Waals surface area contributed by atoms with Crippen molar-refractivity contribution < 1.29 is 22.7 Å². The van der Waals surface area contributed by atoms with E-state index in [-0.39, 0.29) is 0 Å². The molecule has 8 heteroatoms. The molecule has 0 aliphatic carbocycles. The molecule has 2 rings (SSSR count). The molecular weight excluding hydrogens is 305 g/mol. The number of ether oxygens (including phenoxy) is 1. The maximum atomic E-state index is 12.4. The molecule has 0 bridgehead atoms. The lowest BCUT2D eigenvalue weighted by atomic mass is 10.1. The highest BCUT2D eigenvalue weighted by Gasteiger charge is 2.29. The number of thiazole rings is 1. The van der Waals surface area contributed by atoms with Crippen LogP contribution in [0.4, 0.5) is 18.3 Å². The molecule has 0 spiro atoms. The van der Waals surface area contributed by atoms with Crippen LogP contribution in [0.25, 0.3) is 0 Å². The Kier molecular flexibility index (Phi) is 4.46. The summed E-state index contributed by atoms with van der Waals surface area (Å²) in [6.45, 7) is 0.312. The standard InChI is InChI=1S/C13H11F3N2O2S/c1-20-11(19)10-7-18-12(21-10)17-6-8-2-4-9(5-3-8)13(14,15)16/h2-5,7H,6H2,1H3,(H,17,18). The quantitative estimate of drug-likeness (QED) is 0.876. The third-order valence-corrected chi connectivity index (χ3v) is 3.55. The number of carbonyl (C=O) groups excluding carboxylic acids is 1. The number of anilines is 1. The van der Waals surface area contributed by atoms with E-state index >= 15 is 0 Å². The first-order valence-electron chi connectivity index (χ1n) is 5.84. The van der Waals surface area contributed by atoms with E-state index in [0.717, 1.165) is 23.5 Å². The van der Waals surface area contributed by atoms with E-state index in [0.29, 0.717) is 22.1 Å². The van der Waals surface area contributed by atoms with Gasteiger partial charge in [-0.15, -0.1) is 0 Å². The van der Waals surface area contributed by atoms with Crippen molar-refractivity contribution in [3.8, 4) is 0 Å². The van der Waals surface area contributed by atoms with E-state index in [1.165, 1.54) is 25.4 Å². The molecule has 1 heterocycles. The third-order valence-electron chi connectivity index (χ3n) is 2.62. The van der Waals surface area contributed by atoms with Gasteiger partial charge in [0.1, 0.15) is 4.88 Å². The van der Waals surface area contributed by atoms with Crippen LogP contribution in [0.1, 0.15) is 20.8 Å². The summed E-state index contributed by atoms with van der Waals surface area (Å²) in [5.41, 5.74) is -0.00806. The summed E-state index contributed by atoms with van der Waals surface area (Å²) in [5, 5.41) is 3.43. The number of nitrogens with zero attached hydrogens (tertiary/aromatic N) is 1. The molecule has 2 aromatic rings. The van der Waals surface area contributed by atoms with Crippen molar-refractivity contribution in [3.63, 3.8) is 0 Å². The highest BCUT2D eigenvalue weighted by atomic mass is 32.1. The van der Waals surface area contributed by atoms with Crippen LogP contribution in [-0.4, -0.2) is 18.1 Å². The second-order valence-corrected chi connectivity index (χ2v) is 5.10. The molecule has 112 valence electrons. The van der Waals surface area contributed by atoms with Gasteiger partial charge in [-0.25, -0.2) is 9.78 Å². The number of aromatic nitrogens is 1. The van der Waals surface area contributed by atoms with E-state index in [4.69, 9.17) is 0 Å². The van der Waals surface area contributed by atoms with Crippen molar-refractivity contribution in [3.05, 3.63) is 46.5 Å². The average Bonchev–Trinajstić information content (AvgIpc) is 2.92. The van der Waals surface area contributed by atoms with Crippen molar-refractivity contribution in [2.45, 2.75) is 12.7 Å². The largest absolute Gasteiger partial charge is 0.465 e. The molecule has 0 fully saturated rings. The third kappa shape index (κ3) is 3.94. The number of alkyl halides is 3. The number of halogens is 3. The summed E-state index contributed by atoms with van der Waals surface area (Å²) >= 11 is 1.12. The molecular formula is C13H11F3N2O2S. The zero-order valence-corrected chi connectivity index (χ0v) is 11.7. The topological polar surface area (TPSA) is 51.2 Å². The Morgan fingerprint density at radius 3 is 2.57 bits per heavy atom. The SMILES string of the molecule is COC(=O)c1cnc(NCc2ccc(C(F)(F)F)cc2)s1. The van der Waals surface area contributed by atoms with Crippen molar-refractivity contribution in [1.82, 2.24) is 4.98 Å². The zero-order valence-electron chi connectivity index (χ0n) is 10.9. The predicted molar refractivity (Wildman–Crippen MR) is 72.2 cm³/mol. The van der Waals surface area contributed by atoms with Gasteiger partial charge < -0.3 is 10.1 Å². The minimum Gasteiger partial charge on any atom is -0.465 e. The zero-order chi connectivity index (χ0) is 15.5. The molecule has 1 aromatic carbocycles. The lowest BCUT2D eigenvalue weighted by Crippen LogP contribution is -2.05. The number of methoxy groups -OCH3 is 1. The Morgan fingerprint density at radius 1 is 1.33 bits per heavy atom. The van der Waals surface area contributed by atoms with Gasteiger partial charge in [0.2, 0.25) is 0 Å². The number of hydrogen-bond acceptors (Lipinski definition) is 5. The molecule has 4 nitrogen and oxygen atoms in total. The summed E-state index contributed by atoms with van der Waals surface area (Å²) in [6, 6.07) is 4.84. The average molecular weight is 316 g/mol. The van der Waals surface area contributed by atoms with E-state index in [9.17, 15) is 18.0 Å². The van der Waals surface area contributed by atoms with Crippen LogP contribution in [-0.2, 0) is 17.5 Å². The monoisotopic (exact) mass is 316 g/mol. The van der Waals surface area contributed by atoms with Crippen LogP contribution < -0.4 is 5.32 Å². The first kappa shape index (κ1) is 15.3. The number of rotatable bonds is 4. The maximum absolute atomic E-state index is 12.4. The number of hydrogen-bond donors (Lipinski definition) is 1. The molecule has 0 unspecified atom stereocenters. The molecule has 0 radical (unpaired) electrons. The van der Waals surface area contributed by atoms with Crippen molar-refractivity contribution >= 4 is 22.4 Å². The van der Waals surface area contributed by atoms with E-state index in [1.54, 1.807) is 0 Å². The lowest BCUT2D eigenvalue weighted by molar-refractivity contribution is -0.137. The summed E-state index contributed by atoms with van der Waals surface area (Å²) in [5.74, 6) is -0.477. The number of benzene rings is 1. The van der Waals surface area contributed by atoms with Gasteiger partial charge in [-0.2, -0.15) is 13.2 Å². The fourth-order valence-electron chi connectivity index (χ4n) is 1.54. The van der Waals surface area contributed by atoms with Gasteiger partial charge in [-0.1, -0.05) is 23.5 Å². The van der Waals surface area contributed by atoms with Gasteiger partial charge in [0.05, 0.1) is 18.9 Å². The highest BCUT2D eigenvalue weighted by molar-refractivity contribution is 7.17. The molecule has 0 aliphatic heterocycles. The molecule has 1 aromatic heterocycles. The fraction of sp³-hybridized carbons (Fsp3) is 0.231. The minimum absolute atomic E-state index is 0.312. The summed E-state index contributed by atoms with van der Waals surface area (Å²) < 4.78 is 41.8. The number of esters is 1. The summed E-state index contributed by atoms with van der Waals surface area (Å²) in [6.07, 6.45) is -2.96. The molecule has 1 N–H and O–H groups in total. The van der Waals surface area contributed by atoms with Gasteiger partial charge in [-0.05, 0) is 17.7 Å². The van der Waals surface area contributed by atoms with E-state index < -0.39 is 17.7 Å².